The van der Waals surface area contributed by atoms with E-state index in [1.807, 2.05) is 95.9 Å². The van der Waals surface area contributed by atoms with E-state index in [1.54, 1.807) is 30.3 Å². The van der Waals surface area contributed by atoms with Gasteiger partial charge in [-0.3, -0.25) is 9.59 Å². The minimum atomic E-state index is -0.714. The molecule has 7 nitrogen and oxygen atoms in total. The number of carbonyl (C=O) groups excluding carboxylic acids is 3. The van der Waals surface area contributed by atoms with E-state index in [2.05, 4.69) is 5.32 Å². The minimum absolute atomic E-state index is 0.0231. The van der Waals surface area contributed by atoms with Gasteiger partial charge < -0.3 is 19.7 Å². The number of hydrogen-bond acceptors (Lipinski definition) is 6. The number of fused-ring (bicyclic) bond motifs is 1. The molecule has 1 saturated carbocycles. The molecule has 0 bridgehead atoms. The van der Waals surface area contributed by atoms with Crippen molar-refractivity contribution in [3.8, 4) is 5.75 Å². The van der Waals surface area contributed by atoms with Crippen LogP contribution in [0.1, 0.15) is 44.7 Å². The van der Waals surface area contributed by atoms with Gasteiger partial charge in [0.1, 0.15) is 18.4 Å². The van der Waals surface area contributed by atoms with Crippen LogP contribution < -0.4 is 10.1 Å². The molecule has 1 amide bonds. The quantitative estimate of drug-likeness (QED) is 0.104. The van der Waals surface area contributed by atoms with Crippen LogP contribution in [-0.4, -0.2) is 55.4 Å². The van der Waals surface area contributed by atoms with E-state index in [9.17, 15) is 14.4 Å². The zero-order valence-electron chi connectivity index (χ0n) is 26.4. The zero-order chi connectivity index (χ0) is 32.6. The Labute approximate surface area is 275 Å². The highest BCUT2D eigenvalue weighted by Crippen LogP contribution is 2.30. The van der Waals surface area contributed by atoms with Crippen molar-refractivity contribution in [1.82, 2.24) is 4.90 Å². The van der Waals surface area contributed by atoms with Crippen LogP contribution >= 0.6 is 0 Å². The fourth-order valence-electron chi connectivity index (χ4n) is 5.70. The van der Waals surface area contributed by atoms with E-state index in [0.717, 1.165) is 35.7 Å². The molecule has 5 aromatic carbocycles. The highest BCUT2D eigenvalue weighted by atomic mass is 16.5. The van der Waals surface area contributed by atoms with Gasteiger partial charge in [-0.25, -0.2) is 4.79 Å². The molecule has 7 heteroatoms. The van der Waals surface area contributed by atoms with Crippen LogP contribution in [-0.2, 0) is 16.0 Å². The van der Waals surface area contributed by atoms with E-state index in [1.165, 1.54) is 7.11 Å². The summed E-state index contributed by atoms with van der Waals surface area (Å²) in [6.45, 7) is 1.58. The van der Waals surface area contributed by atoms with Gasteiger partial charge >= 0.3 is 5.97 Å². The topological polar surface area (TPSA) is 84.9 Å². The van der Waals surface area contributed by atoms with Crippen molar-refractivity contribution in [1.29, 1.82) is 0 Å². The number of para-hydroxylation sites is 1. The molecule has 0 aliphatic heterocycles. The van der Waals surface area contributed by atoms with Gasteiger partial charge in [0.25, 0.3) is 5.91 Å². The first kappa shape index (κ1) is 31.5. The molecule has 0 radical (unpaired) electrons. The highest BCUT2D eigenvalue weighted by molar-refractivity contribution is 6.12. The highest BCUT2D eigenvalue weighted by Gasteiger charge is 2.27. The Balaban J connectivity index is 1.08. The van der Waals surface area contributed by atoms with Crippen LogP contribution in [0.4, 0.5) is 5.69 Å². The van der Waals surface area contributed by atoms with Gasteiger partial charge in [0.05, 0.1) is 13.7 Å². The van der Waals surface area contributed by atoms with Gasteiger partial charge in [0, 0.05) is 35.3 Å². The lowest BCUT2D eigenvalue weighted by atomic mass is 10.00. The Hall–Kier alpha value is -5.43. The number of nitrogens with zero attached hydrogens (tertiary/aromatic N) is 1. The van der Waals surface area contributed by atoms with Gasteiger partial charge in [-0.1, -0.05) is 84.9 Å². The van der Waals surface area contributed by atoms with Crippen molar-refractivity contribution < 1.29 is 23.9 Å². The van der Waals surface area contributed by atoms with Crippen molar-refractivity contribution in [3.05, 3.63) is 144 Å². The number of hydrogen-bond donors (Lipinski definition) is 1. The van der Waals surface area contributed by atoms with Gasteiger partial charge in [-0.2, -0.15) is 0 Å². The van der Waals surface area contributed by atoms with Crippen LogP contribution in [0, 0.1) is 5.92 Å². The third-order valence-electron chi connectivity index (χ3n) is 8.48. The monoisotopic (exact) mass is 626 g/mol. The minimum Gasteiger partial charge on any atom is -0.492 e. The number of methoxy groups -OCH3 is 1. The summed E-state index contributed by atoms with van der Waals surface area (Å²) in [6, 6.07) is 37.0. The van der Waals surface area contributed by atoms with Crippen LogP contribution in [0.5, 0.6) is 5.75 Å². The molecule has 5 aromatic rings. The van der Waals surface area contributed by atoms with E-state index in [0.29, 0.717) is 53.6 Å². The van der Waals surface area contributed by atoms with Crippen LogP contribution in [0.3, 0.4) is 0 Å². The number of benzene rings is 5. The van der Waals surface area contributed by atoms with E-state index >= 15 is 0 Å². The standard InChI is InChI=1S/C40H38N2O5/c1-46-40(45)37(41-36-14-8-7-13-35(36)38(43)31-10-3-2-4-11-31)25-28-17-21-34(22-18-28)47-24-23-42(27-29-15-16-29)39(44)33-20-19-30-9-5-6-12-32(30)26-33/h2-14,17-22,26,29,37,41H,15-16,23-25,27H2,1H3/t37-/m0/s1. The Kier molecular flexibility index (Phi) is 9.92. The molecule has 0 aromatic heterocycles. The second kappa shape index (κ2) is 14.8. The van der Waals surface area contributed by atoms with Crippen molar-refractivity contribution in [3.63, 3.8) is 0 Å². The summed E-state index contributed by atoms with van der Waals surface area (Å²) in [7, 11) is 1.35. The van der Waals surface area contributed by atoms with Gasteiger partial charge in [-0.05, 0) is 71.5 Å². The fraction of sp³-hybridized carbons (Fsp3) is 0.225. The van der Waals surface area contributed by atoms with E-state index in [-0.39, 0.29) is 11.7 Å². The lowest BCUT2D eigenvalue weighted by Gasteiger charge is -2.23. The SMILES string of the molecule is COC(=O)[C@H](Cc1ccc(OCCN(CC2CC2)C(=O)c2ccc3ccccc3c2)cc1)Nc1ccccc1C(=O)c1ccccc1. The second-order valence-electron chi connectivity index (χ2n) is 11.9. The van der Waals surface area contributed by atoms with Crippen LogP contribution in [0.15, 0.2) is 121 Å². The molecule has 1 fully saturated rings. The molecule has 0 heterocycles. The molecule has 1 N–H and O–H groups in total. The lowest BCUT2D eigenvalue weighted by Crippen LogP contribution is -2.36. The largest absolute Gasteiger partial charge is 0.492 e. The summed E-state index contributed by atoms with van der Waals surface area (Å²) in [4.78, 5) is 41.4. The lowest BCUT2D eigenvalue weighted by molar-refractivity contribution is -0.141. The summed E-state index contributed by atoms with van der Waals surface area (Å²) >= 11 is 0. The number of carbonyl (C=O) groups is 3. The maximum absolute atomic E-state index is 13.5. The summed E-state index contributed by atoms with van der Waals surface area (Å²) in [6.07, 6.45) is 2.65. The van der Waals surface area contributed by atoms with Crippen molar-refractivity contribution >= 4 is 34.1 Å². The molecule has 1 aliphatic rings. The third-order valence-corrected chi connectivity index (χ3v) is 8.48. The molecule has 238 valence electrons. The fourth-order valence-corrected chi connectivity index (χ4v) is 5.70. The Morgan fingerprint density at radius 1 is 0.787 bits per heavy atom. The van der Waals surface area contributed by atoms with E-state index in [4.69, 9.17) is 9.47 Å². The Morgan fingerprint density at radius 3 is 2.23 bits per heavy atom. The summed E-state index contributed by atoms with van der Waals surface area (Å²) in [5.41, 5.74) is 3.20. The third kappa shape index (κ3) is 8.05. The smallest absolute Gasteiger partial charge is 0.328 e. The van der Waals surface area contributed by atoms with Crippen molar-refractivity contribution in [2.75, 3.05) is 32.1 Å². The molecule has 0 unspecified atom stereocenters. The average molecular weight is 627 g/mol. The first-order valence-electron chi connectivity index (χ1n) is 16.0. The molecule has 0 spiro atoms. The molecule has 0 saturated heterocycles. The normalized spacial score (nSPS) is 13.0. The number of rotatable bonds is 14. The molecule has 1 aliphatic carbocycles. The average Bonchev–Trinajstić information content (AvgIpc) is 3.95. The summed E-state index contributed by atoms with van der Waals surface area (Å²) in [5, 5.41) is 5.41. The maximum Gasteiger partial charge on any atom is 0.328 e. The Bertz CT molecular complexity index is 1850. The number of anilines is 1. The number of amides is 1. The molecular weight excluding hydrogens is 588 g/mol. The first-order valence-corrected chi connectivity index (χ1v) is 16.0. The number of ketones is 1. The van der Waals surface area contributed by atoms with Crippen LogP contribution in [0.2, 0.25) is 0 Å². The molecular formula is C40H38N2O5. The summed E-state index contributed by atoms with van der Waals surface area (Å²) < 4.78 is 11.2. The van der Waals surface area contributed by atoms with E-state index < -0.39 is 12.0 Å². The summed E-state index contributed by atoms with van der Waals surface area (Å²) in [5.74, 6) is 0.695. The van der Waals surface area contributed by atoms with Gasteiger partial charge in [0.2, 0.25) is 0 Å². The van der Waals surface area contributed by atoms with Crippen molar-refractivity contribution in [2.45, 2.75) is 25.3 Å². The predicted octanol–water partition coefficient (Wildman–Crippen LogP) is 7.20. The van der Waals surface area contributed by atoms with Crippen LogP contribution in [0.25, 0.3) is 10.8 Å². The second-order valence-corrected chi connectivity index (χ2v) is 11.9. The number of ether oxygens (including phenoxy) is 2. The Morgan fingerprint density at radius 2 is 1.49 bits per heavy atom. The van der Waals surface area contributed by atoms with Crippen molar-refractivity contribution in [2.24, 2.45) is 5.92 Å². The number of esters is 1. The first-order chi connectivity index (χ1) is 23.0. The molecule has 6 rings (SSSR count). The molecule has 47 heavy (non-hydrogen) atoms. The van der Waals surface area contributed by atoms with Gasteiger partial charge in [-0.15, -0.1) is 0 Å². The molecule has 1 atom stereocenters. The van der Waals surface area contributed by atoms with Gasteiger partial charge in [0.15, 0.2) is 5.78 Å². The predicted molar refractivity (Wildman–Crippen MR) is 184 cm³/mol. The maximum atomic E-state index is 13.5. The number of nitrogens with one attached hydrogen (secondary N) is 1. The zero-order valence-corrected chi connectivity index (χ0v) is 26.4.